The highest BCUT2D eigenvalue weighted by atomic mass is 16.8. The van der Waals surface area contributed by atoms with Crippen LogP contribution in [0.2, 0.25) is 0 Å². The number of hydrogen-bond acceptors (Lipinski definition) is 14. The van der Waals surface area contributed by atoms with Gasteiger partial charge in [-0.1, -0.05) is 36.2 Å². The molecule has 9 rings (SSSR count). The first-order chi connectivity index (χ1) is 34.8. The molecule has 71 heavy (non-hydrogen) atoms. The molecule has 7 atom stereocenters. The molecule has 15 nitrogen and oxygen atoms in total. The first kappa shape index (κ1) is 49.3. The molecule has 5 aliphatic rings. The zero-order valence-electron chi connectivity index (χ0n) is 40.0. The van der Waals surface area contributed by atoms with Gasteiger partial charge in [-0.25, -0.2) is 0 Å². The van der Waals surface area contributed by atoms with Gasteiger partial charge in [-0.05, 0) is 134 Å². The van der Waals surface area contributed by atoms with Gasteiger partial charge in [-0.3, -0.25) is 9.59 Å². The number of allylic oxidation sites excluding steroid dienone is 1. The zero-order valence-corrected chi connectivity index (χ0v) is 40.0. The van der Waals surface area contributed by atoms with Crippen LogP contribution < -0.4 is 23.7 Å². The first-order valence-electron chi connectivity index (χ1n) is 24.7. The number of ether oxygens (including phenoxy) is 7. The van der Waals surface area contributed by atoms with Gasteiger partial charge in [0.2, 0.25) is 18.9 Å². The Bertz CT molecular complexity index is 2660. The number of carbonyl (C=O) groups excluding carboxylic acids is 2. The molecule has 2 aliphatic carbocycles. The molecule has 3 aliphatic heterocycles. The predicted octanol–water partition coefficient (Wildman–Crippen LogP) is 9.40. The standard InChI is InChI=1S/C56H61N3O12/c1-3-25-68-56-51(59(55(63)38-16-13-36(32-57)14-17-38)33-37-15-20-49-50(27-37)67-35-66-49)31-46(58-71-52-12-6-9-26-65-52)44-29-39(10-4-7-23-60)43(11-5-8-24-61)53(54(44)56)45-30-42(19-22-48(45)70-56)69-41-18-21-47(64-2)40(28-41)34-62/h3,13-22,27-30,34,39,43,51-54,60-61H,1,4-12,23-26,31,33,35H2,2H3. The average molecular weight is 968 g/mol. The molecular weight excluding hydrogens is 907 g/mol. The lowest BCUT2D eigenvalue weighted by atomic mass is 9.55. The van der Waals surface area contributed by atoms with Crippen molar-refractivity contribution in [2.45, 2.75) is 94.8 Å². The minimum atomic E-state index is -1.57. The SMILES string of the molecule is C=CCOC12Oc3ccc(Oc4ccc(OC)c(C=O)c4)cc3C3C(CCCCO)C(CCCCO)C=C(C(=NOC4CCCCO4)CC1N(Cc1ccc4c(c1)OCO4)C(=O)c1ccc(C#N)cc1)C32. The Kier molecular flexibility index (Phi) is 15.7. The molecule has 1 amide bonds. The van der Waals surface area contributed by atoms with Gasteiger partial charge in [-0.2, -0.15) is 5.26 Å². The van der Waals surface area contributed by atoms with E-state index in [0.29, 0.717) is 82.8 Å². The van der Waals surface area contributed by atoms with E-state index < -0.39 is 24.0 Å². The van der Waals surface area contributed by atoms with Gasteiger partial charge in [0.15, 0.2) is 17.8 Å². The highest BCUT2D eigenvalue weighted by molar-refractivity contribution is 6.03. The molecule has 2 fully saturated rings. The maximum Gasteiger partial charge on any atom is 0.254 e. The Morgan fingerprint density at radius 2 is 1.72 bits per heavy atom. The summed E-state index contributed by atoms with van der Waals surface area (Å²) in [5.41, 5.74) is 4.23. The zero-order chi connectivity index (χ0) is 49.3. The number of methoxy groups -OCH3 is 1. The Hall–Kier alpha value is -6.70. The molecule has 2 N–H and O–H groups in total. The molecule has 372 valence electrons. The van der Waals surface area contributed by atoms with Crippen molar-refractivity contribution < 1.29 is 57.8 Å². The number of unbranched alkanes of at least 4 members (excludes halogenated alkanes) is 2. The maximum absolute atomic E-state index is 15.6. The van der Waals surface area contributed by atoms with Crippen molar-refractivity contribution in [3.63, 3.8) is 0 Å². The van der Waals surface area contributed by atoms with Crippen molar-refractivity contribution in [2.75, 3.05) is 40.3 Å². The van der Waals surface area contributed by atoms with Crippen LogP contribution in [0.15, 0.2) is 108 Å². The third-order valence-electron chi connectivity index (χ3n) is 14.3. The van der Waals surface area contributed by atoms with E-state index in [1.54, 1.807) is 53.4 Å². The van der Waals surface area contributed by atoms with Crippen molar-refractivity contribution in [2.24, 2.45) is 22.9 Å². The van der Waals surface area contributed by atoms with E-state index in [-0.39, 0.29) is 63.2 Å². The molecule has 3 heterocycles. The summed E-state index contributed by atoms with van der Waals surface area (Å²) in [7, 11) is 1.51. The van der Waals surface area contributed by atoms with E-state index >= 15 is 4.79 Å². The lowest BCUT2D eigenvalue weighted by Gasteiger charge is -2.60. The smallest absolute Gasteiger partial charge is 0.254 e. The Balaban J connectivity index is 1.26. The van der Waals surface area contributed by atoms with Crippen LogP contribution >= 0.6 is 0 Å². The topological polar surface area (TPSA) is 188 Å². The summed E-state index contributed by atoms with van der Waals surface area (Å²) in [6.07, 6.45) is 11.0. The second-order valence-corrected chi connectivity index (χ2v) is 18.6. The van der Waals surface area contributed by atoms with Crippen molar-refractivity contribution >= 4 is 17.9 Å². The van der Waals surface area contributed by atoms with E-state index in [9.17, 15) is 20.3 Å². The molecule has 15 heteroatoms. The van der Waals surface area contributed by atoms with Crippen LogP contribution in [0.1, 0.15) is 108 Å². The molecule has 4 aromatic carbocycles. The van der Waals surface area contributed by atoms with Crippen LogP contribution in [0, 0.1) is 29.1 Å². The van der Waals surface area contributed by atoms with Gasteiger partial charge in [-0.15, -0.1) is 6.58 Å². The van der Waals surface area contributed by atoms with Gasteiger partial charge in [0.1, 0.15) is 29.0 Å². The number of nitriles is 1. The number of nitrogens with zero attached hydrogens (tertiary/aromatic N) is 3. The molecule has 7 unspecified atom stereocenters. The average Bonchev–Trinajstić information content (AvgIpc) is 3.88. The first-order valence-corrected chi connectivity index (χ1v) is 24.7. The summed E-state index contributed by atoms with van der Waals surface area (Å²) in [6.45, 7) is 4.97. The van der Waals surface area contributed by atoms with Gasteiger partial charge < -0.3 is 53.1 Å². The van der Waals surface area contributed by atoms with Crippen molar-refractivity contribution in [1.82, 2.24) is 4.90 Å². The quantitative estimate of drug-likeness (QED) is 0.0348. The molecule has 0 spiro atoms. The predicted molar refractivity (Wildman–Crippen MR) is 262 cm³/mol. The molecule has 0 bridgehead atoms. The molecule has 4 aromatic rings. The molecule has 0 aromatic heterocycles. The van der Waals surface area contributed by atoms with Crippen LogP contribution in [0.3, 0.4) is 0 Å². The van der Waals surface area contributed by atoms with E-state index in [0.717, 1.165) is 61.5 Å². The van der Waals surface area contributed by atoms with Crippen molar-refractivity contribution in [1.29, 1.82) is 5.26 Å². The summed E-state index contributed by atoms with van der Waals surface area (Å²) < 4.78 is 44.2. The number of benzene rings is 4. The second-order valence-electron chi connectivity index (χ2n) is 18.6. The van der Waals surface area contributed by atoms with Gasteiger partial charge in [0.05, 0.1) is 49.1 Å². The van der Waals surface area contributed by atoms with Crippen molar-refractivity contribution in [3.05, 3.63) is 131 Å². The second kappa shape index (κ2) is 22.6. The maximum atomic E-state index is 15.6. The van der Waals surface area contributed by atoms with E-state index in [2.05, 4.69) is 18.7 Å². The van der Waals surface area contributed by atoms with Crippen LogP contribution in [-0.2, 0) is 20.9 Å². The van der Waals surface area contributed by atoms with Crippen molar-refractivity contribution in [3.8, 4) is 40.6 Å². The fourth-order valence-corrected chi connectivity index (χ4v) is 11.0. The Labute approximate surface area is 414 Å². The summed E-state index contributed by atoms with van der Waals surface area (Å²) in [5.74, 6) is 0.155. The van der Waals surface area contributed by atoms with Gasteiger partial charge >= 0.3 is 0 Å². The monoisotopic (exact) mass is 967 g/mol. The van der Waals surface area contributed by atoms with Gasteiger partial charge in [0.25, 0.3) is 5.91 Å². The summed E-state index contributed by atoms with van der Waals surface area (Å²) in [6, 6.07) is 24.3. The number of aliphatic hydroxyl groups excluding tert-OH is 2. The highest BCUT2D eigenvalue weighted by Gasteiger charge is 2.65. The van der Waals surface area contributed by atoms with Gasteiger partial charge in [0, 0.05) is 49.6 Å². The number of aldehydes is 1. The third-order valence-corrected chi connectivity index (χ3v) is 14.3. The molecule has 0 radical (unpaired) electrons. The summed E-state index contributed by atoms with van der Waals surface area (Å²) in [5, 5.41) is 34.9. The number of rotatable bonds is 21. The summed E-state index contributed by atoms with van der Waals surface area (Å²) >= 11 is 0. The lowest BCUT2D eigenvalue weighted by molar-refractivity contribution is -0.255. The minimum absolute atomic E-state index is 0.0152. The lowest BCUT2D eigenvalue weighted by Crippen LogP contribution is -2.70. The number of hydrogen-bond donors (Lipinski definition) is 2. The molecular formula is C56H61N3O12. The number of amides is 1. The Morgan fingerprint density at radius 1 is 0.944 bits per heavy atom. The fourth-order valence-electron chi connectivity index (χ4n) is 11.0. The molecule has 1 saturated carbocycles. The van der Waals surface area contributed by atoms with Crippen LogP contribution in [0.4, 0.5) is 0 Å². The number of oxime groups is 1. The largest absolute Gasteiger partial charge is 0.496 e. The Morgan fingerprint density at radius 3 is 2.46 bits per heavy atom. The summed E-state index contributed by atoms with van der Waals surface area (Å²) in [4.78, 5) is 35.8. The number of fused-ring (bicyclic) bond motifs is 3. The molecule has 1 saturated heterocycles. The minimum Gasteiger partial charge on any atom is -0.496 e. The number of carbonyl (C=O) groups is 2. The fraction of sp³-hybridized carbons (Fsp3) is 0.429. The van der Waals surface area contributed by atoms with Crippen LogP contribution in [-0.4, -0.2) is 91.5 Å². The van der Waals surface area contributed by atoms with Crippen LogP contribution in [0.25, 0.3) is 0 Å². The third kappa shape index (κ3) is 10.4. The van der Waals surface area contributed by atoms with E-state index in [1.807, 2.05) is 36.4 Å². The van der Waals surface area contributed by atoms with E-state index in [1.165, 1.54) is 7.11 Å². The van der Waals surface area contributed by atoms with Crippen LogP contribution in [0.5, 0.6) is 34.5 Å². The normalized spacial score (nSPS) is 24.3. The van der Waals surface area contributed by atoms with E-state index in [4.69, 9.17) is 43.2 Å². The highest BCUT2D eigenvalue weighted by Crippen LogP contribution is 2.62. The number of aliphatic hydroxyl groups is 2.